The van der Waals surface area contributed by atoms with Gasteiger partial charge in [-0.15, -0.1) is 0 Å². The maximum atomic E-state index is 12.5. The second-order valence-electron chi connectivity index (χ2n) is 6.54. The summed E-state index contributed by atoms with van der Waals surface area (Å²) in [5.74, 6) is -0.0468. The molecule has 0 radical (unpaired) electrons. The number of hydrogen-bond acceptors (Lipinski definition) is 2. The minimum atomic E-state index is -0.0468. The Morgan fingerprint density at radius 3 is 2.30 bits per heavy atom. The van der Waals surface area contributed by atoms with Gasteiger partial charge >= 0.3 is 0 Å². The van der Waals surface area contributed by atoms with E-state index in [1.165, 1.54) is 11.1 Å². The summed E-state index contributed by atoms with van der Waals surface area (Å²) >= 11 is 3.44. The fourth-order valence-electron chi connectivity index (χ4n) is 3.02. The number of halogens is 1. The monoisotopic (exact) mass is 422 g/mol. The average molecular weight is 423 g/mol. The van der Waals surface area contributed by atoms with E-state index >= 15 is 0 Å². The standard InChI is InChI=1S/C23H23BrN2O/c1-17-14-20(24)12-13-21(17)26-23(27)16-25-22(19-10-6-3-7-11-19)15-18-8-4-2-5-9-18/h2-14,22,25H,15-16H2,1H3,(H,26,27). The van der Waals surface area contributed by atoms with E-state index in [0.29, 0.717) is 0 Å². The lowest BCUT2D eigenvalue weighted by Crippen LogP contribution is -2.32. The third kappa shape index (κ3) is 5.78. The predicted molar refractivity (Wildman–Crippen MR) is 115 cm³/mol. The highest BCUT2D eigenvalue weighted by atomic mass is 79.9. The van der Waals surface area contributed by atoms with Gasteiger partial charge in [-0.1, -0.05) is 76.6 Å². The number of rotatable bonds is 7. The summed E-state index contributed by atoms with van der Waals surface area (Å²) in [5.41, 5.74) is 4.28. The zero-order valence-corrected chi connectivity index (χ0v) is 16.9. The molecule has 0 saturated heterocycles. The Hall–Kier alpha value is -2.43. The largest absolute Gasteiger partial charge is 0.325 e. The number of hydrogen-bond donors (Lipinski definition) is 2. The number of amides is 1. The molecule has 0 bridgehead atoms. The normalized spacial score (nSPS) is 11.8. The quantitative estimate of drug-likeness (QED) is 0.544. The fourth-order valence-corrected chi connectivity index (χ4v) is 3.50. The van der Waals surface area contributed by atoms with E-state index in [9.17, 15) is 4.79 Å². The Morgan fingerprint density at radius 1 is 0.963 bits per heavy atom. The maximum absolute atomic E-state index is 12.5. The van der Waals surface area contributed by atoms with Crippen LogP contribution in [0.2, 0.25) is 0 Å². The van der Waals surface area contributed by atoms with E-state index in [2.05, 4.69) is 50.8 Å². The first kappa shape index (κ1) is 19.3. The summed E-state index contributed by atoms with van der Waals surface area (Å²) in [6.07, 6.45) is 0.829. The zero-order chi connectivity index (χ0) is 19.1. The Bertz CT molecular complexity index is 881. The molecule has 3 aromatic carbocycles. The summed E-state index contributed by atoms with van der Waals surface area (Å²) in [7, 11) is 0. The van der Waals surface area contributed by atoms with E-state index in [1.54, 1.807) is 0 Å². The fraction of sp³-hybridized carbons (Fsp3) is 0.174. The van der Waals surface area contributed by atoms with E-state index in [1.807, 2.05) is 61.5 Å². The molecule has 3 nitrogen and oxygen atoms in total. The summed E-state index contributed by atoms with van der Waals surface area (Å²) in [6.45, 7) is 2.23. The molecule has 0 aromatic heterocycles. The van der Waals surface area contributed by atoms with Crippen LogP contribution in [0.5, 0.6) is 0 Å². The van der Waals surface area contributed by atoms with Crippen molar-refractivity contribution in [1.82, 2.24) is 5.32 Å². The van der Waals surface area contributed by atoms with Gasteiger partial charge in [-0.3, -0.25) is 4.79 Å². The van der Waals surface area contributed by atoms with Crippen molar-refractivity contribution in [2.75, 3.05) is 11.9 Å². The van der Waals surface area contributed by atoms with Crippen molar-refractivity contribution in [2.24, 2.45) is 0 Å². The highest BCUT2D eigenvalue weighted by Crippen LogP contribution is 2.21. The van der Waals surface area contributed by atoms with Crippen molar-refractivity contribution in [3.8, 4) is 0 Å². The third-order valence-corrected chi connectivity index (χ3v) is 4.95. The highest BCUT2D eigenvalue weighted by molar-refractivity contribution is 9.10. The number of nitrogens with one attached hydrogen (secondary N) is 2. The van der Waals surface area contributed by atoms with Crippen molar-refractivity contribution in [3.63, 3.8) is 0 Å². The van der Waals surface area contributed by atoms with Crippen LogP contribution in [0.4, 0.5) is 5.69 Å². The molecule has 138 valence electrons. The third-order valence-electron chi connectivity index (χ3n) is 4.46. The van der Waals surface area contributed by atoms with Crippen LogP contribution in [0, 0.1) is 6.92 Å². The molecule has 1 unspecified atom stereocenters. The number of carbonyl (C=O) groups excluding carboxylic acids is 1. The molecule has 0 aliphatic rings. The van der Waals surface area contributed by atoms with Gasteiger partial charge in [0.05, 0.1) is 6.54 Å². The number of anilines is 1. The van der Waals surface area contributed by atoms with Crippen LogP contribution in [0.25, 0.3) is 0 Å². The Morgan fingerprint density at radius 2 is 1.63 bits per heavy atom. The number of benzene rings is 3. The molecule has 3 aromatic rings. The summed E-state index contributed by atoms with van der Waals surface area (Å²) in [4.78, 5) is 12.5. The molecule has 0 spiro atoms. The molecule has 2 N–H and O–H groups in total. The van der Waals surface area contributed by atoms with Gasteiger partial charge in [0.15, 0.2) is 0 Å². The van der Waals surface area contributed by atoms with Crippen molar-refractivity contribution < 1.29 is 4.79 Å². The van der Waals surface area contributed by atoms with Crippen molar-refractivity contribution in [2.45, 2.75) is 19.4 Å². The molecule has 27 heavy (non-hydrogen) atoms. The summed E-state index contributed by atoms with van der Waals surface area (Å²) in [5, 5.41) is 6.40. The summed E-state index contributed by atoms with van der Waals surface area (Å²) < 4.78 is 1.00. The van der Waals surface area contributed by atoms with Gasteiger partial charge in [-0.05, 0) is 48.2 Å². The lowest BCUT2D eigenvalue weighted by Gasteiger charge is -2.19. The predicted octanol–water partition coefficient (Wildman–Crippen LogP) is 5.27. The Kier molecular flexibility index (Phi) is 6.80. The molecule has 0 fully saturated rings. The molecular formula is C23H23BrN2O. The molecule has 0 aliphatic carbocycles. The van der Waals surface area contributed by atoms with Crippen molar-refractivity contribution in [1.29, 1.82) is 0 Å². The zero-order valence-electron chi connectivity index (χ0n) is 15.3. The molecule has 0 aliphatic heterocycles. The van der Waals surface area contributed by atoms with Gasteiger partial charge in [-0.2, -0.15) is 0 Å². The van der Waals surface area contributed by atoms with Crippen LogP contribution in [-0.2, 0) is 11.2 Å². The van der Waals surface area contributed by atoms with Gasteiger partial charge < -0.3 is 10.6 Å². The lowest BCUT2D eigenvalue weighted by molar-refractivity contribution is -0.115. The van der Waals surface area contributed by atoms with Crippen LogP contribution < -0.4 is 10.6 Å². The van der Waals surface area contributed by atoms with Gasteiger partial charge in [0.25, 0.3) is 0 Å². The highest BCUT2D eigenvalue weighted by Gasteiger charge is 2.14. The molecule has 0 heterocycles. The molecule has 4 heteroatoms. The van der Waals surface area contributed by atoms with E-state index in [0.717, 1.165) is 22.1 Å². The van der Waals surface area contributed by atoms with Crippen LogP contribution in [-0.4, -0.2) is 12.5 Å². The smallest absolute Gasteiger partial charge is 0.238 e. The lowest BCUT2D eigenvalue weighted by atomic mass is 9.99. The number of carbonyl (C=O) groups is 1. The van der Waals surface area contributed by atoms with Crippen LogP contribution in [0.3, 0.4) is 0 Å². The van der Waals surface area contributed by atoms with Crippen LogP contribution >= 0.6 is 15.9 Å². The first-order valence-corrected chi connectivity index (χ1v) is 9.79. The minimum Gasteiger partial charge on any atom is -0.325 e. The van der Waals surface area contributed by atoms with Gasteiger partial charge in [0, 0.05) is 16.2 Å². The average Bonchev–Trinajstić information content (AvgIpc) is 2.69. The van der Waals surface area contributed by atoms with Gasteiger partial charge in [0.1, 0.15) is 0 Å². The second-order valence-corrected chi connectivity index (χ2v) is 7.46. The van der Waals surface area contributed by atoms with Crippen LogP contribution in [0.15, 0.2) is 83.3 Å². The molecular weight excluding hydrogens is 400 g/mol. The van der Waals surface area contributed by atoms with Gasteiger partial charge in [0.2, 0.25) is 5.91 Å². The number of aryl methyl sites for hydroxylation is 1. The Labute approximate surface area is 168 Å². The molecule has 1 amide bonds. The van der Waals surface area contributed by atoms with Crippen LogP contribution in [0.1, 0.15) is 22.7 Å². The van der Waals surface area contributed by atoms with Gasteiger partial charge in [-0.25, -0.2) is 0 Å². The van der Waals surface area contributed by atoms with E-state index in [-0.39, 0.29) is 18.5 Å². The topological polar surface area (TPSA) is 41.1 Å². The first-order valence-electron chi connectivity index (χ1n) is 9.00. The van der Waals surface area contributed by atoms with Crippen molar-refractivity contribution in [3.05, 3.63) is 100 Å². The summed E-state index contributed by atoms with van der Waals surface area (Å²) in [6, 6.07) is 26.5. The van der Waals surface area contributed by atoms with E-state index < -0.39 is 0 Å². The molecule has 3 rings (SSSR count). The SMILES string of the molecule is Cc1cc(Br)ccc1NC(=O)CNC(Cc1ccccc1)c1ccccc1. The van der Waals surface area contributed by atoms with E-state index in [4.69, 9.17) is 0 Å². The Balaban J connectivity index is 1.66. The second kappa shape index (κ2) is 9.49. The molecule has 0 saturated carbocycles. The maximum Gasteiger partial charge on any atom is 0.238 e. The first-order chi connectivity index (χ1) is 13.1. The molecule has 1 atom stereocenters. The minimum absolute atomic E-state index is 0.0468. The van der Waals surface area contributed by atoms with Crippen molar-refractivity contribution >= 4 is 27.5 Å².